The summed E-state index contributed by atoms with van der Waals surface area (Å²) in [6.45, 7) is 3.02. The topological polar surface area (TPSA) is 29.5 Å². The minimum Gasteiger partial charge on any atom is -0.381 e. The van der Waals surface area contributed by atoms with E-state index < -0.39 is 0 Å². The van der Waals surface area contributed by atoms with Crippen LogP contribution in [0.15, 0.2) is 23.6 Å². The van der Waals surface area contributed by atoms with E-state index in [0.29, 0.717) is 6.61 Å². The SMILES string of the molecule is O=C([C@@H]1CCCOC1)N1CC=C(c2cccs2)CC1. The molecule has 1 saturated heterocycles. The summed E-state index contributed by atoms with van der Waals surface area (Å²) >= 11 is 1.78. The number of amides is 1. The Hall–Kier alpha value is -1.13. The Labute approximate surface area is 117 Å². The first-order valence-corrected chi connectivity index (χ1v) is 7.82. The number of thiophene rings is 1. The lowest BCUT2D eigenvalue weighted by Gasteiger charge is -2.31. The second-order valence-corrected chi connectivity index (χ2v) is 6.10. The molecular formula is C15H19NO2S. The highest BCUT2D eigenvalue weighted by Gasteiger charge is 2.27. The third-order valence-corrected chi connectivity index (χ3v) is 4.81. The second kappa shape index (κ2) is 5.88. The van der Waals surface area contributed by atoms with Crippen molar-refractivity contribution in [3.8, 4) is 0 Å². The largest absolute Gasteiger partial charge is 0.381 e. The summed E-state index contributed by atoms with van der Waals surface area (Å²) in [6.07, 6.45) is 5.17. The third kappa shape index (κ3) is 2.90. The average Bonchev–Trinajstić information content (AvgIpc) is 3.02. The molecule has 1 aromatic heterocycles. The molecule has 0 N–H and O–H groups in total. The molecule has 0 aliphatic carbocycles. The Kier molecular flexibility index (Phi) is 3.99. The Morgan fingerprint density at radius 1 is 1.47 bits per heavy atom. The summed E-state index contributed by atoms with van der Waals surface area (Å²) in [7, 11) is 0. The third-order valence-electron chi connectivity index (χ3n) is 3.87. The number of hydrogen-bond acceptors (Lipinski definition) is 3. The first-order chi connectivity index (χ1) is 9.34. The predicted molar refractivity (Wildman–Crippen MR) is 77.0 cm³/mol. The summed E-state index contributed by atoms with van der Waals surface area (Å²) in [4.78, 5) is 15.7. The maximum Gasteiger partial charge on any atom is 0.228 e. The first-order valence-electron chi connectivity index (χ1n) is 6.94. The molecule has 102 valence electrons. The van der Waals surface area contributed by atoms with Crippen molar-refractivity contribution in [3.63, 3.8) is 0 Å². The van der Waals surface area contributed by atoms with E-state index in [1.807, 2.05) is 4.90 Å². The molecule has 0 unspecified atom stereocenters. The van der Waals surface area contributed by atoms with Gasteiger partial charge >= 0.3 is 0 Å². The van der Waals surface area contributed by atoms with E-state index in [-0.39, 0.29) is 11.8 Å². The van der Waals surface area contributed by atoms with Gasteiger partial charge in [-0.05, 0) is 36.3 Å². The Morgan fingerprint density at radius 2 is 2.42 bits per heavy atom. The van der Waals surface area contributed by atoms with Crippen LogP contribution in [0.5, 0.6) is 0 Å². The summed E-state index contributed by atoms with van der Waals surface area (Å²) in [5, 5.41) is 2.10. The summed E-state index contributed by atoms with van der Waals surface area (Å²) in [6, 6.07) is 4.24. The Bertz CT molecular complexity index is 460. The van der Waals surface area contributed by atoms with E-state index >= 15 is 0 Å². The van der Waals surface area contributed by atoms with E-state index in [4.69, 9.17) is 4.74 Å². The Morgan fingerprint density at radius 3 is 3.05 bits per heavy atom. The molecule has 3 nitrogen and oxygen atoms in total. The van der Waals surface area contributed by atoms with Gasteiger partial charge in [0.1, 0.15) is 0 Å². The number of carbonyl (C=O) groups is 1. The van der Waals surface area contributed by atoms with E-state index in [9.17, 15) is 4.79 Å². The van der Waals surface area contributed by atoms with Gasteiger partial charge in [0.15, 0.2) is 0 Å². The van der Waals surface area contributed by atoms with Crippen molar-refractivity contribution in [2.24, 2.45) is 5.92 Å². The van der Waals surface area contributed by atoms with Crippen molar-refractivity contribution in [2.75, 3.05) is 26.3 Å². The number of ether oxygens (including phenoxy) is 1. The van der Waals surface area contributed by atoms with Gasteiger partial charge in [0, 0.05) is 24.6 Å². The molecule has 1 atom stereocenters. The van der Waals surface area contributed by atoms with Crippen molar-refractivity contribution < 1.29 is 9.53 Å². The van der Waals surface area contributed by atoms with Crippen LogP contribution in [0.2, 0.25) is 0 Å². The van der Waals surface area contributed by atoms with Crippen molar-refractivity contribution in [3.05, 3.63) is 28.5 Å². The standard InChI is InChI=1S/C15H19NO2S/c17-15(13-3-1-9-18-11-13)16-7-5-12(6-8-16)14-4-2-10-19-14/h2,4-5,10,13H,1,3,6-9,11H2/t13-/m1/s1. The average molecular weight is 277 g/mol. The van der Waals surface area contributed by atoms with Gasteiger partial charge in [0.2, 0.25) is 5.91 Å². The molecule has 3 heterocycles. The lowest BCUT2D eigenvalue weighted by molar-refractivity contribution is -0.139. The molecular weight excluding hydrogens is 258 g/mol. The molecule has 1 aromatic rings. The van der Waals surface area contributed by atoms with Gasteiger partial charge in [0.25, 0.3) is 0 Å². The van der Waals surface area contributed by atoms with Crippen molar-refractivity contribution in [2.45, 2.75) is 19.3 Å². The van der Waals surface area contributed by atoms with Crippen LogP contribution in [0.1, 0.15) is 24.1 Å². The molecule has 0 saturated carbocycles. The fourth-order valence-electron chi connectivity index (χ4n) is 2.75. The number of hydrogen-bond donors (Lipinski definition) is 0. The van der Waals surface area contributed by atoms with Crippen LogP contribution in [-0.4, -0.2) is 37.1 Å². The molecule has 0 bridgehead atoms. The lowest BCUT2D eigenvalue weighted by atomic mass is 9.99. The number of rotatable bonds is 2. The van der Waals surface area contributed by atoms with Crippen LogP contribution in [-0.2, 0) is 9.53 Å². The lowest BCUT2D eigenvalue weighted by Crippen LogP contribution is -2.41. The second-order valence-electron chi connectivity index (χ2n) is 5.15. The van der Waals surface area contributed by atoms with Gasteiger partial charge in [-0.15, -0.1) is 11.3 Å². The highest BCUT2D eigenvalue weighted by atomic mass is 32.1. The summed E-state index contributed by atoms with van der Waals surface area (Å²) in [5.74, 6) is 0.367. The molecule has 1 fully saturated rings. The molecule has 0 spiro atoms. The van der Waals surface area contributed by atoms with Gasteiger partial charge in [0.05, 0.1) is 12.5 Å². The minimum atomic E-state index is 0.0884. The van der Waals surface area contributed by atoms with Crippen LogP contribution < -0.4 is 0 Å². The van der Waals surface area contributed by atoms with Crippen LogP contribution in [0.3, 0.4) is 0 Å². The van der Waals surface area contributed by atoms with Gasteiger partial charge in [-0.25, -0.2) is 0 Å². The monoisotopic (exact) mass is 277 g/mol. The minimum absolute atomic E-state index is 0.0884. The Balaban J connectivity index is 1.61. The van der Waals surface area contributed by atoms with E-state index in [1.165, 1.54) is 10.5 Å². The van der Waals surface area contributed by atoms with Gasteiger partial charge in [-0.2, -0.15) is 0 Å². The maximum absolute atomic E-state index is 12.4. The summed E-state index contributed by atoms with van der Waals surface area (Å²) < 4.78 is 5.41. The normalized spacial score (nSPS) is 24.1. The zero-order chi connectivity index (χ0) is 13.1. The zero-order valence-corrected chi connectivity index (χ0v) is 11.8. The smallest absolute Gasteiger partial charge is 0.228 e. The molecule has 0 radical (unpaired) electrons. The maximum atomic E-state index is 12.4. The number of nitrogens with zero attached hydrogens (tertiary/aromatic N) is 1. The molecule has 1 amide bonds. The molecule has 2 aliphatic rings. The molecule has 0 aromatic carbocycles. The fraction of sp³-hybridized carbons (Fsp3) is 0.533. The quantitative estimate of drug-likeness (QED) is 0.832. The zero-order valence-electron chi connectivity index (χ0n) is 11.0. The first kappa shape index (κ1) is 12.9. The van der Waals surface area contributed by atoms with E-state index in [2.05, 4.69) is 23.6 Å². The van der Waals surface area contributed by atoms with Crippen molar-refractivity contribution in [1.29, 1.82) is 0 Å². The summed E-state index contributed by atoms with van der Waals surface area (Å²) in [5.41, 5.74) is 1.39. The van der Waals surface area contributed by atoms with Crippen LogP contribution in [0.25, 0.3) is 5.57 Å². The molecule has 4 heteroatoms. The van der Waals surface area contributed by atoms with Crippen LogP contribution >= 0.6 is 11.3 Å². The molecule has 3 rings (SSSR count). The van der Waals surface area contributed by atoms with E-state index in [1.54, 1.807) is 11.3 Å². The van der Waals surface area contributed by atoms with Gasteiger partial charge in [-0.3, -0.25) is 4.79 Å². The highest BCUT2D eigenvalue weighted by molar-refractivity contribution is 7.11. The molecule has 19 heavy (non-hydrogen) atoms. The van der Waals surface area contributed by atoms with Crippen molar-refractivity contribution >= 4 is 22.8 Å². The van der Waals surface area contributed by atoms with Crippen molar-refractivity contribution in [1.82, 2.24) is 4.90 Å². The van der Waals surface area contributed by atoms with E-state index in [0.717, 1.165) is 39.0 Å². The van der Waals surface area contributed by atoms with Crippen LogP contribution in [0.4, 0.5) is 0 Å². The van der Waals surface area contributed by atoms with Gasteiger partial charge < -0.3 is 9.64 Å². The number of carbonyl (C=O) groups excluding carboxylic acids is 1. The van der Waals surface area contributed by atoms with Gasteiger partial charge in [-0.1, -0.05) is 12.1 Å². The predicted octanol–water partition coefficient (Wildman–Crippen LogP) is 2.79. The molecule has 2 aliphatic heterocycles. The highest BCUT2D eigenvalue weighted by Crippen LogP contribution is 2.27. The fourth-order valence-corrected chi connectivity index (χ4v) is 3.55. The van der Waals surface area contributed by atoms with Crippen LogP contribution in [0, 0.1) is 5.92 Å².